The third-order valence-electron chi connectivity index (χ3n) is 2.62. The number of hydrogen-bond acceptors (Lipinski definition) is 5. The summed E-state index contributed by atoms with van der Waals surface area (Å²) >= 11 is 0. The Morgan fingerprint density at radius 1 is 1.25 bits per heavy atom. The van der Waals surface area contributed by atoms with E-state index in [9.17, 15) is 4.79 Å². The van der Waals surface area contributed by atoms with E-state index in [1.165, 1.54) is 0 Å². The first kappa shape index (κ1) is 16.3. The zero-order valence-electron chi connectivity index (χ0n) is 12.0. The van der Waals surface area contributed by atoms with Crippen LogP contribution in [0.15, 0.2) is 18.2 Å². The molecule has 6 heteroatoms. The number of hydrogen-bond donors (Lipinski definition) is 2. The second-order valence-corrected chi connectivity index (χ2v) is 4.22. The van der Waals surface area contributed by atoms with E-state index in [1.54, 1.807) is 32.4 Å². The van der Waals surface area contributed by atoms with Gasteiger partial charge in [0.15, 0.2) is 0 Å². The summed E-state index contributed by atoms with van der Waals surface area (Å²) < 4.78 is 15.3. The van der Waals surface area contributed by atoms with Crippen molar-refractivity contribution in [2.24, 2.45) is 0 Å². The maximum Gasteiger partial charge on any atom is 0.224 e. The van der Waals surface area contributed by atoms with Gasteiger partial charge in [-0.25, -0.2) is 0 Å². The second-order valence-electron chi connectivity index (χ2n) is 4.22. The van der Waals surface area contributed by atoms with Gasteiger partial charge in [0.05, 0.1) is 26.0 Å². The number of nitrogens with two attached hydrogens (primary N) is 1. The largest absolute Gasteiger partial charge is 0.495 e. The first-order chi connectivity index (χ1) is 9.67. The van der Waals surface area contributed by atoms with Gasteiger partial charge in [-0.05, 0) is 24.6 Å². The number of nitrogens with one attached hydrogen (secondary N) is 1. The van der Waals surface area contributed by atoms with Crippen LogP contribution in [0.2, 0.25) is 0 Å². The summed E-state index contributed by atoms with van der Waals surface area (Å²) in [5, 5.41) is 2.78. The third-order valence-corrected chi connectivity index (χ3v) is 2.62. The van der Waals surface area contributed by atoms with Crippen LogP contribution in [-0.4, -0.2) is 39.9 Å². The molecule has 20 heavy (non-hydrogen) atoms. The molecule has 0 radical (unpaired) electrons. The molecule has 0 atom stereocenters. The van der Waals surface area contributed by atoms with Crippen molar-refractivity contribution < 1.29 is 19.0 Å². The Hall–Kier alpha value is -1.79. The lowest BCUT2D eigenvalue weighted by atomic mass is 10.2. The quantitative estimate of drug-likeness (QED) is 0.531. The van der Waals surface area contributed by atoms with Crippen molar-refractivity contribution in [3.63, 3.8) is 0 Å². The predicted octanol–water partition coefficient (Wildman–Crippen LogP) is 1.66. The predicted molar refractivity (Wildman–Crippen MR) is 78.0 cm³/mol. The highest BCUT2D eigenvalue weighted by atomic mass is 16.5. The Morgan fingerprint density at radius 3 is 2.75 bits per heavy atom. The molecule has 1 aromatic carbocycles. The van der Waals surface area contributed by atoms with Crippen LogP contribution in [0.5, 0.6) is 5.75 Å². The first-order valence-electron chi connectivity index (χ1n) is 6.47. The Labute approximate surface area is 119 Å². The highest BCUT2D eigenvalue weighted by Gasteiger charge is 2.07. The van der Waals surface area contributed by atoms with Crippen molar-refractivity contribution in [3.05, 3.63) is 18.2 Å². The number of carbonyl (C=O) groups excluding carboxylic acids is 1. The number of methoxy groups -OCH3 is 2. The molecule has 3 N–H and O–H groups in total. The molecular weight excluding hydrogens is 260 g/mol. The minimum atomic E-state index is -0.0933. The number of benzene rings is 1. The minimum Gasteiger partial charge on any atom is -0.495 e. The van der Waals surface area contributed by atoms with E-state index in [4.69, 9.17) is 19.9 Å². The van der Waals surface area contributed by atoms with Gasteiger partial charge in [-0.3, -0.25) is 4.79 Å². The average molecular weight is 282 g/mol. The molecule has 0 aliphatic rings. The molecule has 0 saturated heterocycles. The van der Waals surface area contributed by atoms with Gasteiger partial charge in [-0.15, -0.1) is 0 Å². The normalized spacial score (nSPS) is 10.3. The van der Waals surface area contributed by atoms with E-state index < -0.39 is 0 Å². The molecule has 0 aliphatic carbocycles. The van der Waals surface area contributed by atoms with Gasteiger partial charge < -0.3 is 25.3 Å². The number of ether oxygens (including phenoxy) is 3. The standard InChI is InChI=1S/C14H22N2O4/c1-18-8-9-20-7-3-4-14(17)16-12-10-11(15)5-6-13(12)19-2/h5-6,10H,3-4,7-9,15H2,1-2H3,(H,16,17). The number of anilines is 2. The molecule has 0 bridgehead atoms. The molecule has 0 heterocycles. The van der Waals surface area contributed by atoms with Gasteiger partial charge in [0.25, 0.3) is 0 Å². The van der Waals surface area contributed by atoms with Gasteiger partial charge in [-0.2, -0.15) is 0 Å². The highest BCUT2D eigenvalue weighted by molar-refractivity contribution is 5.92. The van der Waals surface area contributed by atoms with Crippen molar-refractivity contribution in [1.82, 2.24) is 0 Å². The van der Waals surface area contributed by atoms with Crippen molar-refractivity contribution in [1.29, 1.82) is 0 Å². The zero-order chi connectivity index (χ0) is 14.8. The van der Waals surface area contributed by atoms with Crippen LogP contribution in [0.4, 0.5) is 11.4 Å². The Balaban J connectivity index is 2.33. The summed E-state index contributed by atoms with van der Waals surface area (Å²) in [6, 6.07) is 5.11. The smallest absolute Gasteiger partial charge is 0.224 e. The summed E-state index contributed by atoms with van der Waals surface area (Å²) in [6.07, 6.45) is 1.03. The molecular formula is C14H22N2O4. The van der Waals surface area contributed by atoms with Crippen LogP contribution >= 0.6 is 0 Å². The van der Waals surface area contributed by atoms with Crippen molar-refractivity contribution in [2.75, 3.05) is 45.1 Å². The van der Waals surface area contributed by atoms with Gasteiger partial charge in [-0.1, -0.05) is 0 Å². The zero-order valence-corrected chi connectivity index (χ0v) is 12.0. The molecule has 112 valence electrons. The fraction of sp³-hybridized carbons (Fsp3) is 0.500. The Kier molecular flexibility index (Phi) is 7.46. The average Bonchev–Trinajstić information content (AvgIpc) is 2.43. The second kappa shape index (κ2) is 9.17. The fourth-order valence-electron chi connectivity index (χ4n) is 1.62. The van der Waals surface area contributed by atoms with E-state index in [2.05, 4.69) is 5.32 Å². The maximum atomic E-state index is 11.8. The minimum absolute atomic E-state index is 0.0933. The van der Waals surface area contributed by atoms with Crippen LogP contribution in [0, 0.1) is 0 Å². The fourth-order valence-corrected chi connectivity index (χ4v) is 1.62. The summed E-state index contributed by atoms with van der Waals surface area (Å²) in [6.45, 7) is 1.64. The first-order valence-corrected chi connectivity index (χ1v) is 6.47. The van der Waals surface area contributed by atoms with Gasteiger partial charge in [0.2, 0.25) is 5.91 Å². The Bertz CT molecular complexity index is 424. The monoisotopic (exact) mass is 282 g/mol. The summed E-state index contributed by atoms with van der Waals surface area (Å²) in [5.41, 5.74) is 6.84. The number of nitrogen functional groups attached to an aromatic ring is 1. The molecule has 6 nitrogen and oxygen atoms in total. The maximum absolute atomic E-state index is 11.8. The molecule has 0 spiro atoms. The molecule has 0 aromatic heterocycles. The number of amides is 1. The van der Waals surface area contributed by atoms with Gasteiger partial charge in [0, 0.05) is 25.8 Å². The van der Waals surface area contributed by atoms with E-state index >= 15 is 0 Å². The third kappa shape index (κ3) is 5.90. The van der Waals surface area contributed by atoms with Crippen LogP contribution < -0.4 is 15.8 Å². The van der Waals surface area contributed by atoms with Crippen LogP contribution in [0.25, 0.3) is 0 Å². The van der Waals surface area contributed by atoms with E-state index in [-0.39, 0.29) is 5.91 Å². The van der Waals surface area contributed by atoms with Crippen LogP contribution in [0.3, 0.4) is 0 Å². The molecule has 1 aromatic rings. The molecule has 1 amide bonds. The van der Waals surface area contributed by atoms with Crippen molar-refractivity contribution in [2.45, 2.75) is 12.8 Å². The molecule has 0 aliphatic heterocycles. The summed E-state index contributed by atoms with van der Waals surface area (Å²) in [4.78, 5) is 11.8. The molecule has 0 fully saturated rings. The molecule has 0 unspecified atom stereocenters. The van der Waals surface area contributed by atoms with Gasteiger partial charge >= 0.3 is 0 Å². The van der Waals surface area contributed by atoms with E-state index in [1.807, 2.05) is 0 Å². The molecule has 0 saturated carbocycles. The lowest BCUT2D eigenvalue weighted by molar-refractivity contribution is -0.116. The van der Waals surface area contributed by atoms with E-state index in [0.717, 1.165) is 0 Å². The lowest BCUT2D eigenvalue weighted by Crippen LogP contribution is -2.13. The molecule has 1 rings (SSSR count). The van der Waals surface area contributed by atoms with Crippen LogP contribution in [-0.2, 0) is 14.3 Å². The summed E-state index contributed by atoms with van der Waals surface area (Å²) in [5.74, 6) is 0.494. The van der Waals surface area contributed by atoms with Crippen molar-refractivity contribution in [3.8, 4) is 5.75 Å². The van der Waals surface area contributed by atoms with Crippen molar-refractivity contribution >= 4 is 17.3 Å². The van der Waals surface area contributed by atoms with E-state index in [0.29, 0.717) is 49.8 Å². The number of carbonyl (C=O) groups is 1. The van der Waals surface area contributed by atoms with Gasteiger partial charge in [0.1, 0.15) is 5.75 Å². The Morgan fingerprint density at radius 2 is 2.05 bits per heavy atom. The lowest BCUT2D eigenvalue weighted by Gasteiger charge is -2.11. The SMILES string of the molecule is COCCOCCCC(=O)Nc1cc(N)ccc1OC. The summed E-state index contributed by atoms with van der Waals surface area (Å²) in [7, 11) is 3.17. The topological polar surface area (TPSA) is 82.8 Å². The highest BCUT2D eigenvalue weighted by Crippen LogP contribution is 2.26. The number of rotatable bonds is 9. The van der Waals surface area contributed by atoms with Crippen LogP contribution in [0.1, 0.15) is 12.8 Å².